The fourth-order valence-electron chi connectivity index (χ4n) is 4.72. The van der Waals surface area contributed by atoms with Gasteiger partial charge in [0.05, 0.1) is 31.6 Å². The van der Waals surface area contributed by atoms with E-state index in [9.17, 15) is 13.2 Å². The minimum Gasteiger partial charge on any atom is -0.496 e. The maximum atomic E-state index is 13.3. The standard InChI is InChI=1S/C25H28ClNO7S/c1-5-10-27-13-16(22(14-27)34-35(4,29)30)23-20(31-2)12-21(32-3)24-18(28)11-19(33-25(23)24)15-8-6-7-9-17(15)26/h6-9,11-12,16,22H,5,10,13-14H2,1-4H3/t16-,22-/m1/s1. The van der Waals surface area contributed by atoms with E-state index < -0.39 is 22.1 Å². The van der Waals surface area contributed by atoms with Crippen LogP contribution in [0.1, 0.15) is 24.8 Å². The number of hydrogen-bond donors (Lipinski definition) is 0. The molecule has 10 heteroatoms. The van der Waals surface area contributed by atoms with Crippen molar-refractivity contribution in [3.8, 4) is 22.8 Å². The predicted molar refractivity (Wildman–Crippen MR) is 135 cm³/mol. The van der Waals surface area contributed by atoms with Crippen LogP contribution >= 0.6 is 11.6 Å². The van der Waals surface area contributed by atoms with Crippen LogP contribution in [-0.2, 0) is 14.3 Å². The third-order valence-electron chi connectivity index (χ3n) is 6.10. The molecule has 1 fully saturated rings. The van der Waals surface area contributed by atoms with E-state index in [-0.39, 0.29) is 22.2 Å². The molecule has 35 heavy (non-hydrogen) atoms. The Labute approximate surface area is 209 Å². The van der Waals surface area contributed by atoms with Crippen molar-refractivity contribution in [3.63, 3.8) is 0 Å². The third-order valence-corrected chi connectivity index (χ3v) is 7.02. The summed E-state index contributed by atoms with van der Waals surface area (Å²) in [5.74, 6) is 0.557. The first-order chi connectivity index (χ1) is 16.7. The number of benzene rings is 2. The van der Waals surface area contributed by atoms with Crippen molar-refractivity contribution in [1.29, 1.82) is 0 Å². The highest BCUT2D eigenvalue weighted by Gasteiger charge is 2.40. The second kappa shape index (κ2) is 10.2. The molecule has 4 rings (SSSR count). The van der Waals surface area contributed by atoms with Gasteiger partial charge >= 0.3 is 0 Å². The van der Waals surface area contributed by atoms with E-state index in [1.807, 2.05) is 0 Å². The van der Waals surface area contributed by atoms with Crippen LogP contribution in [0.2, 0.25) is 5.02 Å². The minimum absolute atomic E-state index is 0.242. The minimum atomic E-state index is -3.74. The number of halogens is 1. The number of fused-ring (bicyclic) bond motifs is 1. The summed E-state index contributed by atoms with van der Waals surface area (Å²) in [6, 6.07) is 10.1. The van der Waals surface area contributed by atoms with E-state index in [1.165, 1.54) is 20.3 Å². The van der Waals surface area contributed by atoms with Crippen molar-refractivity contribution in [2.24, 2.45) is 0 Å². The molecular formula is C25H28ClNO7S. The maximum absolute atomic E-state index is 13.3. The highest BCUT2D eigenvalue weighted by molar-refractivity contribution is 7.86. The lowest BCUT2D eigenvalue weighted by atomic mass is 9.92. The Morgan fingerprint density at radius 1 is 1.11 bits per heavy atom. The van der Waals surface area contributed by atoms with Crippen LogP contribution in [0.5, 0.6) is 11.5 Å². The Balaban J connectivity index is 2.01. The van der Waals surface area contributed by atoms with E-state index in [4.69, 9.17) is 29.7 Å². The van der Waals surface area contributed by atoms with Crippen LogP contribution in [0, 0.1) is 0 Å². The molecule has 0 unspecified atom stereocenters. The zero-order valence-electron chi connectivity index (χ0n) is 20.0. The smallest absolute Gasteiger partial charge is 0.264 e. The van der Waals surface area contributed by atoms with Crippen molar-refractivity contribution >= 4 is 32.7 Å². The second-order valence-corrected chi connectivity index (χ2v) is 10.6. The molecule has 0 amide bonds. The number of methoxy groups -OCH3 is 2. The summed E-state index contributed by atoms with van der Waals surface area (Å²) in [5, 5.41) is 0.672. The number of rotatable bonds is 8. The van der Waals surface area contributed by atoms with Gasteiger partial charge in [-0.2, -0.15) is 8.42 Å². The summed E-state index contributed by atoms with van der Waals surface area (Å²) in [5.41, 5.74) is 1.06. The molecular weight excluding hydrogens is 494 g/mol. The highest BCUT2D eigenvalue weighted by atomic mass is 35.5. The van der Waals surface area contributed by atoms with Gasteiger partial charge in [0.1, 0.15) is 28.2 Å². The maximum Gasteiger partial charge on any atom is 0.264 e. The van der Waals surface area contributed by atoms with Crippen molar-refractivity contribution in [1.82, 2.24) is 4.90 Å². The van der Waals surface area contributed by atoms with Crippen LogP contribution in [0.4, 0.5) is 0 Å². The van der Waals surface area contributed by atoms with Crippen molar-refractivity contribution in [2.75, 3.05) is 40.1 Å². The van der Waals surface area contributed by atoms with Gasteiger partial charge in [0.15, 0.2) is 5.43 Å². The lowest BCUT2D eigenvalue weighted by Crippen LogP contribution is -2.26. The first kappa shape index (κ1) is 25.5. The van der Waals surface area contributed by atoms with Crippen molar-refractivity contribution < 1.29 is 26.5 Å². The molecule has 1 aliphatic rings. The summed E-state index contributed by atoms with van der Waals surface area (Å²) in [6.07, 6.45) is 1.24. The summed E-state index contributed by atoms with van der Waals surface area (Å²) < 4.78 is 47.3. The lowest BCUT2D eigenvalue weighted by Gasteiger charge is -2.22. The molecule has 8 nitrogen and oxygen atoms in total. The summed E-state index contributed by atoms with van der Waals surface area (Å²) >= 11 is 6.39. The zero-order valence-corrected chi connectivity index (χ0v) is 21.6. The van der Waals surface area contributed by atoms with E-state index in [0.29, 0.717) is 40.7 Å². The van der Waals surface area contributed by atoms with Crippen LogP contribution < -0.4 is 14.9 Å². The van der Waals surface area contributed by atoms with Crippen molar-refractivity contribution in [3.05, 3.63) is 57.2 Å². The summed E-state index contributed by atoms with van der Waals surface area (Å²) in [6.45, 7) is 3.74. The highest BCUT2D eigenvalue weighted by Crippen LogP contribution is 2.44. The molecule has 188 valence electrons. The molecule has 0 bridgehead atoms. The second-order valence-electron chi connectivity index (χ2n) is 8.56. The van der Waals surface area contributed by atoms with E-state index >= 15 is 0 Å². The molecule has 0 N–H and O–H groups in total. The number of nitrogens with zero attached hydrogens (tertiary/aromatic N) is 1. The molecule has 2 heterocycles. The Kier molecular flexibility index (Phi) is 7.42. The summed E-state index contributed by atoms with van der Waals surface area (Å²) in [4.78, 5) is 15.5. The van der Waals surface area contributed by atoms with Gasteiger partial charge in [-0.15, -0.1) is 0 Å². The van der Waals surface area contributed by atoms with Crippen LogP contribution in [0.3, 0.4) is 0 Å². The zero-order chi connectivity index (χ0) is 25.3. The van der Waals surface area contributed by atoms with E-state index in [0.717, 1.165) is 19.2 Å². The van der Waals surface area contributed by atoms with Crippen LogP contribution in [0.15, 0.2) is 45.6 Å². The van der Waals surface area contributed by atoms with Gasteiger partial charge in [0.25, 0.3) is 10.1 Å². The van der Waals surface area contributed by atoms with Gasteiger partial charge in [-0.25, -0.2) is 0 Å². The Hall–Kier alpha value is -2.59. The Morgan fingerprint density at radius 3 is 2.46 bits per heavy atom. The molecule has 0 spiro atoms. The monoisotopic (exact) mass is 521 g/mol. The molecule has 2 atom stereocenters. The number of ether oxygens (including phenoxy) is 2. The molecule has 0 radical (unpaired) electrons. The quantitative estimate of drug-likeness (QED) is 0.405. The fraction of sp³-hybridized carbons (Fsp3) is 0.400. The lowest BCUT2D eigenvalue weighted by molar-refractivity contribution is 0.197. The number of hydrogen-bond acceptors (Lipinski definition) is 8. The molecule has 0 aliphatic carbocycles. The largest absolute Gasteiger partial charge is 0.496 e. The third kappa shape index (κ3) is 5.18. The van der Waals surface area contributed by atoms with Gasteiger partial charge < -0.3 is 13.9 Å². The molecule has 2 aromatic carbocycles. The Morgan fingerprint density at radius 2 is 1.83 bits per heavy atom. The van der Waals surface area contributed by atoms with Gasteiger partial charge in [0.2, 0.25) is 0 Å². The molecule has 3 aromatic rings. The van der Waals surface area contributed by atoms with Crippen LogP contribution in [-0.4, -0.2) is 59.5 Å². The van der Waals surface area contributed by atoms with Gasteiger partial charge in [-0.1, -0.05) is 30.7 Å². The number of likely N-dealkylation sites (tertiary alicyclic amines) is 1. The van der Waals surface area contributed by atoms with Crippen molar-refractivity contribution in [2.45, 2.75) is 25.4 Å². The first-order valence-electron chi connectivity index (χ1n) is 11.2. The van der Waals surface area contributed by atoms with E-state index in [2.05, 4.69) is 11.8 Å². The summed E-state index contributed by atoms with van der Waals surface area (Å²) in [7, 11) is -0.772. The van der Waals surface area contributed by atoms with Gasteiger partial charge in [0, 0.05) is 42.3 Å². The van der Waals surface area contributed by atoms with Crippen LogP contribution in [0.25, 0.3) is 22.3 Å². The molecule has 0 saturated carbocycles. The predicted octanol–water partition coefficient (Wildman–Crippen LogP) is 4.28. The van der Waals surface area contributed by atoms with E-state index in [1.54, 1.807) is 30.3 Å². The average molecular weight is 522 g/mol. The Bertz CT molecular complexity index is 1400. The molecule has 1 aromatic heterocycles. The van der Waals surface area contributed by atoms with Gasteiger partial charge in [-0.05, 0) is 25.1 Å². The SMILES string of the molecule is CCCN1C[C@@H](OS(C)(=O)=O)[C@H](c2c(OC)cc(OC)c3c(=O)cc(-c4ccccc4Cl)oc23)C1. The van der Waals surface area contributed by atoms with Gasteiger partial charge in [-0.3, -0.25) is 13.9 Å². The first-order valence-corrected chi connectivity index (χ1v) is 13.4. The topological polar surface area (TPSA) is 95.3 Å². The molecule has 1 aliphatic heterocycles. The molecule has 1 saturated heterocycles. The average Bonchev–Trinajstić information content (AvgIpc) is 3.18. The normalized spacial score (nSPS) is 18.8. The fourth-order valence-corrected chi connectivity index (χ4v) is 5.60.